The molecule has 5 nitrogen and oxygen atoms in total. The van der Waals surface area contributed by atoms with E-state index in [0.29, 0.717) is 30.8 Å². The zero-order valence-corrected chi connectivity index (χ0v) is 22.1. The first-order valence-corrected chi connectivity index (χ1v) is 12.8. The van der Waals surface area contributed by atoms with Gasteiger partial charge in [0.1, 0.15) is 11.5 Å². The van der Waals surface area contributed by atoms with E-state index in [-0.39, 0.29) is 29.3 Å². The summed E-state index contributed by atoms with van der Waals surface area (Å²) in [6, 6.07) is 13.8. The van der Waals surface area contributed by atoms with E-state index >= 15 is 0 Å². The number of hydrogen-bond donors (Lipinski definition) is 1. The SMILES string of the molecule is CC(CC(=O)Nc1cccc(-c2cc3c(o2)CCN(C(=O)c2cccc(C(F)(F)F)c2)C3)c1)CC(C)(C)C. The molecule has 4 rings (SSSR count). The van der Waals surface area contributed by atoms with Crippen molar-refractivity contribution in [2.75, 3.05) is 11.9 Å². The number of carbonyl (C=O) groups excluding carboxylic acids is 2. The van der Waals surface area contributed by atoms with Crippen LogP contribution in [0.2, 0.25) is 0 Å². The Balaban J connectivity index is 1.44. The lowest BCUT2D eigenvalue weighted by atomic mass is 9.84. The van der Waals surface area contributed by atoms with Gasteiger partial charge in [-0.05, 0) is 54.2 Å². The summed E-state index contributed by atoms with van der Waals surface area (Å²) in [6.07, 6.45) is -2.66. The molecule has 38 heavy (non-hydrogen) atoms. The van der Waals surface area contributed by atoms with Crippen molar-refractivity contribution in [2.45, 2.75) is 59.7 Å². The highest BCUT2D eigenvalue weighted by atomic mass is 19.4. The number of halogens is 3. The Morgan fingerprint density at radius 1 is 1.05 bits per heavy atom. The second-order valence-corrected chi connectivity index (χ2v) is 11.3. The minimum absolute atomic E-state index is 0.00672. The lowest BCUT2D eigenvalue weighted by Gasteiger charge is -2.26. The number of carbonyl (C=O) groups is 2. The zero-order chi connectivity index (χ0) is 27.7. The van der Waals surface area contributed by atoms with Crippen LogP contribution in [0, 0.1) is 11.3 Å². The van der Waals surface area contributed by atoms with E-state index in [1.54, 1.807) is 0 Å². The van der Waals surface area contributed by atoms with Gasteiger partial charge in [0.15, 0.2) is 0 Å². The van der Waals surface area contributed by atoms with E-state index in [9.17, 15) is 22.8 Å². The fraction of sp³-hybridized carbons (Fsp3) is 0.400. The minimum Gasteiger partial charge on any atom is -0.461 e. The summed E-state index contributed by atoms with van der Waals surface area (Å²) in [4.78, 5) is 27.1. The predicted octanol–water partition coefficient (Wildman–Crippen LogP) is 7.56. The molecule has 0 saturated carbocycles. The molecule has 2 aromatic carbocycles. The lowest BCUT2D eigenvalue weighted by molar-refractivity contribution is -0.137. The summed E-state index contributed by atoms with van der Waals surface area (Å²) in [6.45, 7) is 9.15. The molecule has 1 atom stereocenters. The van der Waals surface area contributed by atoms with Crippen LogP contribution in [0.15, 0.2) is 59.0 Å². The third-order valence-electron chi connectivity index (χ3n) is 6.52. The second kappa shape index (κ2) is 10.7. The van der Waals surface area contributed by atoms with Gasteiger partial charge in [0.2, 0.25) is 5.91 Å². The molecule has 1 aliphatic rings. The summed E-state index contributed by atoms with van der Waals surface area (Å²) >= 11 is 0. The average Bonchev–Trinajstić information content (AvgIpc) is 3.25. The number of anilines is 1. The van der Waals surface area contributed by atoms with Gasteiger partial charge in [-0.15, -0.1) is 0 Å². The number of fused-ring (bicyclic) bond motifs is 1. The summed E-state index contributed by atoms with van der Waals surface area (Å²) in [5.41, 5.74) is 1.60. The minimum atomic E-state index is -4.51. The van der Waals surface area contributed by atoms with Crippen LogP contribution >= 0.6 is 0 Å². The number of benzene rings is 2. The summed E-state index contributed by atoms with van der Waals surface area (Å²) in [5.74, 6) is 1.13. The summed E-state index contributed by atoms with van der Waals surface area (Å²) in [5, 5.41) is 2.97. The molecule has 1 unspecified atom stereocenters. The first-order chi connectivity index (χ1) is 17.8. The van der Waals surface area contributed by atoms with E-state index in [0.717, 1.165) is 35.4 Å². The monoisotopic (exact) mass is 526 g/mol. The molecule has 2 amide bonds. The van der Waals surface area contributed by atoms with Crippen LogP contribution in [0.5, 0.6) is 0 Å². The highest BCUT2D eigenvalue weighted by Gasteiger charge is 2.32. The standard InChI is InChI=1S/C30H33F3N2O3/c1-19(17-29(2,3)4)13-27(36)34-24-10-6-7-20(15-24)26-16-22-18-35(12-11-25(22)38-26)28(37)21-8-5-9-23(14-21)30(31,32)33/h5-10,14-16,19H,11-13,17-18H2,1-4H3,(H,34,36). The molecule has 0 fully saturated rings. The Morgan fingerprint density at radius 2 is 1.79 bits per heavy atom. The Kier molecular flexibility index (Phi) is 7.72. The van der Waals surface area contributed by atoms with Gasteiger partial charge >= 0.3 is 6.18 Å². The van der Waals surface area contributed by atoms with Crippen molar-refractivity contribution in [1.29, 1.82) is 0 Å². The second-order valence-electron chi connectivity index (χ2n) is 11.3. The number of furan rings is 1. The van der Waals surface area contributed by atoms with Crippen molar-refractivity contribution in [2.24, 2.45) is 11.3 Å². The smallest absolute Gasteiger partial charge is 0.416 e. The normalized spacial score (nSPS) is 14.7. The van der Waals surface area contributed by atoms with E-state index in [4.69, 9.17) is 4.42 Å². The Labute approximate surface area is 221 Å². The third kappa shape index (κ3) is 6.85. The van der Waals surface area contributed by atoms with Gasteiger partial charge in [-0.1, -0.05) is 45.9 Å². The van der Waals surface area contributed by atoms with Gasteiger partial charge in [-0.3, -0.25) is 9.59 Å². The average molecular weight is 527 g/mol. The molecule has 0 saturated heterocycles. The molecular formula is C30H33F3N2O3. The van der Waals surface area contributed by atoms with Crippen molar-refractivity contribution in [3.63, 3.8) is 0 Å². The Hall–Kier alpha value is -3.55. The van der Waals surface area contributed by atoms with Gasteiger partial charge in [0, 0.05) is 48.3 Å². The Bertz CT molecular complexity index is 1320. The van der Waals surface area contributed by atoms with Crippen LogP contribution in [0.25, 0.3) is 11.3 Å². The third-order valence-corrected chi connectivity index (χ3v) is 6.52. The number of alkyl halides is 3. The quantitative estimate of drug-likeness (QED) is 0.360. The van der Waals surface area contributed by atoms with Crippen molar-refractivity contribution >= 4 is 17.5 Å². The van der Waals surface area contributed by atoms with Gasteiger partial charge < -0.3 is 14.6 Å². The van der Waals surface area contributed by atoms with Crippen molar-refractivity contribution in [3.8, 4) is 11.3 Å². The topological polar surface area (TPSA) is 62.6 Å². The maximum absolute atomic E-state index is 13.1. The van der Waals surface area contributed by atoms with E-state index in [1.807, 2.05) is 30.3 Å². The first-order valence-electron chi connectivity index (χ1n) is 12.8. The van der Waals surface area contributed by atoms with Gasteiger partial charge in [-0.25, -0.2) is 0 Å². The number of amides is 2. The summed E-state index contributed by atoms with van der Waals surface area (Å²) < 4.78 is 45.3. The molecule has 0 radical (unpaired) electrons. The van der Waals surface area contributed by atoms with Crippen molar-refractivity contribution in [3.05, 3.63) is 77.0 Å². The number of hydrogen-bond acceptors (Lipinski definition) is 3. The summed E-state index contributed by atoms with van der Waals surface area (Å²) in [7, 11) is 0. The molecule has 1 aromatic heterocycles. The highest BCUT2D eigenvalue weighted by molar-refractivity contribution is 5.94. The lowest BCUT2D eigenvalue weighted by Crippen LogP contribution is -2.35. The molecule has 1 N–H and O–H groups in total. The zero-order valence-electron chi connectivity index (χ0n) is 22.1. The van der Waals surface area contributed by atoms with Crippen molar-refractivity contribution < 1.29 is 27.2 Å². The van der Waals surface area contributed by atoms with Gasteiger partial charge in [0.25, 0.3) is 5.91 Å². The number of nitrogens with one attached hydrogen (secondary N) is 1. The number of nitrogens with zero attached hydrogens (tertiary/aromatic N) is 1. The van der Waals surface area contributed by atoms with E-state index < -0.39 is 17.6 Å². The van der Waals surface area contributed by atoms with E-state index in [1.165, 1.54) is 17.0 Å². The van der Waals surface area contributed by atoms with Gasteiger partial charge in [-0.2, -0.15) is 13.2 Å². The van der Waals surface area contributed by atoms with Crippen LogP contribution < -0.4 is 5.32 Å². The predicted molar refractivity (Wildman–Crippen MR) is 141 cm³/mol. The first kappa shape index (κ1) is 27.5. The maximum atomic E-state index is 13.1. The molecule has 1 aliphatic heterocycles. The number of rotatable bonds is 6. The van der Waals surface area contributed by atoms with E-state index in [2.05, 4.69) is 33.0 Å². The van der Waals surface area contributed by atoms with Crippen LogP contribution in [0.3, 0.4) is 0 Å². The molecule has 0 spiro atoms. The maximum Gasteiger partial charge on any atom is 0.416 e. The largest absolute Gasteiger partial charge is 0.461 e. The fourth-order valence-electron chi connectivity index (χ4n) is 5.06. The fourth-order valence-corrected chi connectivity index (χ4v) is 5.06. The molecule has 0 bridgehead atoms. The molecule has 202 valence electrons. The van der Waals surface area contributed by atoms with Crippen LogP contribution in [0.1, 0.15) is 67.8 Å². The highest BCUT2D eigenvalue weighted by Crippen LogP contribution is 2.33. The molecular weight excluding hydrogens is 493 g/mol. The molecule has 0 aliphatic carbocycles. The molecule has 3 aromatic rings. The molecule has 8 heteroatoms. The van der Waals surface area contributed by atoms with Crippen LogP contribution in [0.4, 0.5) is 18.9 Å². The Morgan fingerprint density at radius 3 is 2.50 bits per heavy atom. The van der Waals surface area contributed by atoms with Crippen LogP contribution in [-0.2, 0) is 23.9 Å². The van der Waals surface area contributed by atoms with Crippen molar-refractivity contribution in [1.82, 2.24) is 4.90 Å². The van der Waals surface area contributed by atoms with Crippen LogP contribution in [-0.4, -0.2) is 23.3 Å². The van der Waals surface area contributed by atoms with Gasteiger partial charge in [0.05, 0.1) is 5.56 Å². The molecule has 2 heterocycles.